The van der Waals surface area contributed by atoms with Gasteiger partial charge in [0.05, 0.1) is 11.7 Å². The summed E-state index contributed by atoms with van der Waals surface area (Å²) in [6, 6.07) is 8.30. The fourth-order valence-electron chi connectivity index (χ4n) is 5.36. The summed E-state index contributed by atoms with van der Waals surface area (Å²) in [6.07, 6.45) is 8.93. The Labute approximate surface area is 177 Å². The Balaban J connectivity index is 1.26. The van der Waals surface area contributed by atoms with Crippen molar-refractivity contribution in [2.45, 2.75) is 69.1 Å². The van der Waals surface area contributed by atoms with Crippen LogP contribution in [-0.4, -0.2) is 54.3 Å². The number of rotatable bonds is 5. The van der Waals surface area contributed by atoms with E-state index in [-0.39, 0.29) is 12.0 Å². The van der Waals surface area contributed by atoms with E-state index in [1.165, 1.54) is 25.7 Å². The summed E-state index contributed by atoms with van der Waals surface area (Å²) in [5, 5.41) is 15.1. The Morgan fingerprint density at radius 1 is 1.13 bits per heavy atom. The Bertz CT molecular complexity index is 888. The predicted molar refractivity (Wildman–Crippen MR) is 114 cm³/mol. The number of nitrogens with one attached hydrogen (secondary N) is 1. The fraction of sp³-hybridized carbons (Fsp3) is 0.625. The number of carbonyl (C=O) groups excluding carboxylic acids is 1. The number of hydrogen-bond acceptors (Lipinski definition) is 5. The quantitative estimate of drug-likeness (QED) is 0.785. The van der Waals surface area contributed by atoms with Crippen molar-refractivity contribution in [1.82, 2.24) is 10.2 Å². The van der Waals surface area contributed by atoms with Crippen LogP contribution < -0.4 is 5.32 Å². The van der Waals surface area contributed by atoms with Crippen LogP contribution in [0.4, 0.5) is 0 Å². The van der Waals surface area contributed by atoms with Gasteiger partial charge in [0.15, 0.2) is 5.76 Å². The maximum Gasteiger partial charge on any atom is 0.287 e. The predicted octanol–water partition coefficient (Wildman–Crippen LogP) is 3.57. The van der Waals surface area contributed by atoms with Crippen molar-refractivity contribution in [1.29, 1.82) is 0 Å². The largest absolute Gasteiger partial charge is 0.451 e. The zero-order chi connectivity index (χ0) is 20.6. The molecule has 162 valence electrons. The maximum atomic E-state index is 12.5. The number of likely N-dealkylation sites (tertiary alicyclic amines) is 1. The molecule has 1 aliphatic carbocycles. The molecule has 1 unspecified atom stereocenters. The van der Waals surface area contributed by atoms with E-state index in [1.54, 1.807) is 6.07 Å². The molecule has 2 N–H and O–H groups in total. The molecule has 0 bridgehead atoms. The lowest BCUT2D eigenvalue weighted by atomic mass is 9.83. The third-order valence-electron chi connectivity index (χ3n) is 7.26. The van der Waals surface area contributed by atoms with Crippen molar-refractivity contribution >= 4 is 16.9 Å². The van der Waals surface area contributed by atoms with Crippen LogP contribution in [0.25, 0.3) is 11.0 Å². The van der Waals surface area contributed by atoms with E-state index in [0.717, 1.165) is 56.3 Å². The second-order valence-electron chi connectivity index (χ2n) is 9.21. The first kappa shape index (κ1) is 20.0. The Hall–Kier alpha value is -1.89. The molecule has 0 radical (unpaired) electrons. The van der Waals surface area contributed by atoms with Crippen molar-refractivity contribution in [3.05, 3.63) is 35.6 Å². The van der Waals surface area contributed by atoms with Crippen molar-refractivity contribution < 1.29 is 19.1 Å². The number of aliphatic hydroxyl groups is 1. The molecule has 3 heterocycles. The molecular formula is C24H32N2O4. The summed E-state index contributed by atoms with van der Waals surface area (Å²) in [5.74, 6) is 0.0926. The Morgan fingerprint density at radius 3 is 2.67 bits per heavy atom. The number of piperidine rings is 1. The van der Waals surface area contributed by atoms with E-state index in [0.29, 0.717) is 23.9 Å². The zero-order valence-electron chi connectivity index (χ0n) is 17.6. The van der Waals surface area contributed by atoms with Gasteiger partial charge in [-0.05, 0) is 62.3 Å². The molecule has 0 spiro atoms. The van der Waals surface area contributed by atoms with Gasteiger partial charge in [0.1, 0.15) is 5.58 Å². The minimum Gasteiger partial charge on any atom is -0.451 e. The molecule has 30 heavy (non-hydrogen) atoms. The Kier molecular flexibility index (Phi) is 5.56. The standard InChI is InChI=1S/C24H32N2O4/c27-23(25-16-20-6-3-13-29-20)22-15-17-14-18(7-8-21(17)30-22)24(28)9-11-26(12-10-24)19-4-1-2-5-19/h7-8,14-15,19-20,28H,1-6,9-13,16H2,(H,25,27). The molecule has 3 fully saturated rings. The molecule has 1 aromatic heterocycles. The van der Waals surface area contributed by atoms with Crippen LogP contribution in [0, 0.1) is 0 Å². The Morgan fingerprint density at radius 2 is 1.93 bits per heavy atom. The van der Waals surface area contributed by atoms with Crippen molar-refractivity contribution in [2.24, 2.45) is 0 Å². The summed E-state index contributed by atoms with van der Waals surface area (Å²) in [4.78, 5) is 15.0. The van der Waals surface area contributed by atoms with E-state index in [4.69, 9.17) is 9.15 Å². The highest BCUT2D eigenvalue weighted by atomic mass is 16.5. The third-order valence-corrected chi connectivity index (χ3v) is 7.26. The summed E-state index contributed by atoms with van der Waals surface area (Å²) in [7, 11) is 0. The first-order valence-corrected chi connectivity index (χ1v) is 11.5. The van der Waals surface area contributed by atoms with Gasteiger partial charge >= 0.3 is 0 Å². The molecule has 2 aromatic rings. The number of ether oxygens (including phenoxy) is 1. The fourth-order valence-corrected chi connectivity index (χ4v) is 5.36. The molecule has 1 saturated carbocycles. The smallest absolute Gasteiger partial charge is 0.287 e. The van der Waals surface area contributed by atoms with Gasteiger partial charge in [0, 0.05) is 37.7 Å². The summed E-state index contributed by atoms with van der Waals surface area (Å²) in [5.41, 5.74) is 0.796. The molecule has 6 heteroatoms. The van der Waals surface area contributed by atoms with Crippen LogP contribution in [0.5, 0.6) is 0 Å². The molecule has 2 aliphatic heterocycles. The average molecular weight is 413 g/mol. The summed E-state index contributed by atoms with van der Waals surface area (Å²) in [6.45, 7) is 3.18. The first-order valence-electron chi connectivity index (χ1n) is 11.5. The van der Waals surface area contributed by atoms with Crippen LogP contribution in [-0.2, 0) is 10.3 Å². The molecule has 1 aromatic carbocycles. The lowest BCUT2D eigenvalue weighted by Crippen LogP contribution is -2.46. The van der Waals surface area contributed by atoms with Gasteiger partial charge in [-0.2, -0.15) is 0 Å². The van der Waals surface area contributed by atoms with Crippen LogP contribution >= 0.6 is 0 Å². The lowest BCUT2D eigenvalue weighted by Gasteiger charge is -2.41. The first-order chi connectivity index (χ1) is 14.6. The monoisotopic (exact) mass is 412 g/mol. The number of amides is 1. The van der Waals surface area contributed by atoms with Crippen LogP contribution in [0.2, 0.25) is 0 Å². The van der Waals surface area contributed by atoms with E-state index >= 15 is 0 Å². The SMILES string of the molecule is O=C(NCC1CCCO1)c1cc2cc(C3(O)CCN(C4CCCC4)CC3)ccc2o1. The van der Waals surface area contributed by atoms with Crippen molar-refractivity contribution in [3.63, 3.8) is 0 Å². The van der Waals surface area contributed by atoms with Crippen LogP contribution in [0.1, 0.15) is 67.5 Å². The van der Waals surface area contributed by atoms with Gasteiger partial charge in [-0.25, -0.2) is 0 Å². The highest BCUT2D eigenvalue weighted by Gasteiger charge is 2.36. The van der Waals surface area contributed by atoms with Gasteiger partial charge in [-0.1, -0.05) is 18.9 Å². The minimum atomic E-state index is -0.803. The van der Waals surface area contributed by atoms with Gasteiger partial charge in [-0.3, -0.25) is 4.79 Å². The molecule has 2 saturated heterocycles. The van der Waals surface area contributed by atoms with E-state index in [9.17, 15) is 9.90 Å². The number of furan rings is 1. The third kappa shape index (κ3) is 4.01. The van der Waals surface area contributed by atoms with Crippen LogP contribution in [0.3, 0.4) is 0 Å². The number of fused-ring (bicyclic) bond motifs is 1. The number of benzene rings is 1. The highest BCUT2D eigenvalue weighted by molar-refractivity contribution is 5.96. The molecule has 5 rings (SSSR count). The minimum absolute atomic E-state index is 0.106. The van der Waals surface area contributed by atoms with E-state index in [2.05, 4.69) is 10.2 Å². The maximum absolute atomic E-state index is 12.5. The topological polar surface area (TPSA) is 74.9 Å². The van der Waals surface area contributed by atoms with Crippen LogP contribution in [0.15, 0.2) is 28.7 Å². The van der Waals surface area contributed by atoms with E-state index in [1.807, 2.05) is 18.2 Å². The van der Waals surface area contributed by atoms with Gasteiger partial charge in [0.25, 0.3) is 5.91 Å². The molecule has 6 nitrogen and oxygen atoms in total. The molecule has 1 atom stereocenters. The highest BCUT2D eigenvalue weighted by Crippen LogP contribution is 2.37. The summed E-state index contributed by atoms with van der Waals surface area (Å²) < 4.78 is 11.3. The normalized spacial score (nSPS) is 25.2. The van der Waals surface area contributed by atoms with Gasteiger partial charge in [0.2, 0.25) is 0 Å². The van der Waals surface area contributed by atoms with Gasteiger partial charge < -0.3 is 24.5 Å². The zero-order valence-corrected chi connectivity index (χ0v) is 17.6. The van der Waals surface area contributed by atoms with Crippen molar-refractivity contribution in [3.8, 4) is 0 Å². The second-order valence-corrected chi connectivity index (χ2v) is 9.21. The molecular weight excluding hydrogens is 380 g/mol. The lowest BCUT2D eigenvalue weighted by molar-refractivity contribution is -0.0349. The molecule has 1 amide bonds. The second kappa shape index (κ2) is 8.33. The van der Waals surface area contributed by atoms with Gasteiger partial charge in [-0.15, -0.1) is 0 Å². The number of carbonyl (C=O) groups is 1. The average Bonchev–Trinajstić information content (AvgIpc) is 3.53. The number of hydrogen-bond donors (Lipinski definition) is 2. The molecule has 3 aliphatic rings. The van der Waals surface area contributed by atoms with Crippen molar-refractivity contribution in [2.75, 3.05) is 26.2 Å². The van der Waals surface area contributed by atoms with E-state index < -0.39 is 5.60 Å². The number of nitrogens with zero attached hydrogens (tertiary/aromatic N) is 1. The summed E-state index contributed by atoms with van der Waals surface area (Å²) >= 11 is 0.